The SMILES string of the molecule is Nc1ncc2concc1-2. The Bertz CT molecular complexity index is 317. The van der Waals surface area contributed by atoms with E-state index in [-0.39, 0.29) is 0 Å². The lowest BCUT2D eigenvalue weighted by atomic mass is 10.2. The van der Waals surface area contributed by atoms with Crippen LogP contribution >= 0.6 is 0 Å². The molecule has 2 aliphatic rings. The van der Waals surface area contributed by atoms with Gasteiger partial charge in [-0.1, -0.05) is 5.16 Å². The monoisotopic (exact) mass is 135 g/mol. The van der Waals surface area contributed by atoms with Gasteiger partial charge in [-0.15, -0.1) is 0 Å². The number of hydrogen-bond donors (Lipinski definition) is 1. The highest BCUT2D eigenvalue weighted by molar-refractivity contribution is 5.73. The lowest BCUT2D eigenvalue weighted by Gasteiger charge is -1.91. The lowest BCUT2D eigenvalue weighted by molar-refractivity contribution is 0.401. The quantitative estimate of drug-likeness (QED) is 0.579. The molecule has 0 radical (unpaired) electrons. The van der Waals surface area contributed by atoms with Crippen LogP contribution < -0.4 is 5.73 Å². The van der Waals surface area contributed by atoms with Crippen molar-refractivity contribution < 1.29 is 4.52 Å². The van der Waals surface area contributed by atoms with Crippen LogP contribution in [0, 0.1) is 0 Å². The summed E-state index contributed by atoms with van der Waals surface area (Å²) in [7, 11) is 0. The van der Waals surface area contributed by atoms with E-state index in [2.05, 4.69) is 14.7 Å². The molecule has 4 heteroatoms. The van der Waals surface area contributed by atoms with Gasteiger partial charge in [0.15, 0.2) is 0 Å². The Morgan fingerprint density at radius 2 is 2.30 bits per heavy atom. The van der Waals surface area contributed by atoms with Crippen LogP contribution in [-0.4, -0.2) is 10.1 Å². The molecular weight excluding hydrogens is 130 g/mol. The molecule has 0 amide bonds. The fourth-order valence-electron chi connectivity index (χ4n) is 0.831. The number of aromatic nitrogens is 2. The predicted octanol–water partition coefficient (Wildman–Crippen LogP) is 0.757. The Kier molecular flexibility index (Phi) is 0.887. The number of nitrogens with zero attached hydrogens (tertiary/aromatic N) is 2. The second-order valence-electron chi connectivity index (χ2n) is 1.97. The second-order valence-corrected chi connectivity index (χ2v) is 1.97. The molecule has 2 heterocycles. The molecule has 0 atom stereocenters. The van der Waals surface area contributed by atoms with Crippen molar-refractivity contribution in [1.29, 1.82) is 0 Å². The van der Waals surface area contributed by atoms with Gasteiger partial charge >= 0.3 is 0 Å². The molecule has 0 saturated carbocycles. The molecule has 0 aromatic rings. The molecule has 0 unspecified atom stereocenters. The summed E-state index contributed by atoms with van der Waals surface area (Å²) in [5.74, 6) is 0.498. The summed E-state index contributed by atoms with van der Waals surface area (Å²) >= 11 is 0. The maximum absolute atomic E-state index is 5.48. The van der Waals surface area contributed by atoms with Crippen molar-refractivity contribution in [1.82, 2.24) is 10.1 Å². The number of nitrogen functional groups attached to an aromatic ring is 1. The van der Waals surface area contributed by atoms with Gasteiger partial charge in [-0.3, -0.25) is 0 Å². The fourth-order valence-corrected chi connectivity index (χ4v) is 0.831. The van der Waals surface area contributed by atoms with Crippen LogP contribution in [0.5, 0.6) is 0 Å². The number of hydrogen-bond acceptors (Lipinski definition) is 4. The molecule has 0 bridgehead atoms. The Morgan fingerprint density at radius 1 is 1.40 bits per heavy atom. The van der Waals surface area contributed by atoms with E-state index in [0.717, 1.165) is 11.1 Å². The third-order valence-electron chi connectivity index (χ3n) is 1.35. The topological polar surface area (TPSA) is 64.9 Å². The van der Waals surface area contributed by atoms with E-state index in [4.69, 9.17) is 5.73 Å². The van der Waals surface area contributed by atoms with Gasteiger partial charge in [0.2, 0.25) is 0 Å². The average molecular weight is 135 g/mol. The molecule has 2 aliphatic heterocycles. The van der Waals surface area contributed by atoms with E-state index >= 15 is 0 Å². The average Bonchev–Trinajstić information content (AvgIpc) is 2.34. The van der Waals surface area contributed by atoms with Gasteiger partial charge in [0.25, 0.3) is 0 Å². The van der Waals surface area contributed by atoms with Gasteiger partial charge in [0.1, 0.15) is 12.1 Å². The first kappa shape index (κ1) is 5.22. The minimum Gasteiger partial charge on any atom is -0.383 e. The zero-order valence-corrected chi connectivity index (χ0v) is 5.11. The molecule has 50 valence electrons. The molecular formula is C6H5N3O. The molecule has 0 aromatic heterocycles. The van der Waals surface area contributed by atoms with Crippen molar-refractivity contribution in [2.75, 3.05) is 5.73 Å². The summed E-state index contributed by atoms with van der Waals surface area (Å²) in [6.07, 6.45) is 4.71. The first-order chi connectivity index (χ1) is 4.88. The predicted molar refractivity (Wildman–Crippen MR) is 35.3 cm³/mol. The normalized spacial score (nSPS) is 10.4. The summed E-state index contributed by atoms with van der Waals surface area (Å²) in [4.78, 5) is 3.87. The summed E-state index contributed by atoms with van der Waals surface area (Å²) < 4.78 is 4.66. The van der Waals surface area contributed by atoms with E-state index in [1.165, 1.54) is 6.26 Å². The molecule has 2 N–H and O–H groups in total. The zero-order chi connectivity index (χ0) is 6.97. The standard InChI is InChI=1S/C6H5N3O/c7-6-5-2-9-10-3-4(5)1-8-6/h1-3H,7H2. The van der Waals surface area contributed by atoms with Crippen molar-refractivity contribution in [3.05, 3.63) is 18.7 Å². The maximum atomic E-state index is 5.48. The van der Waals surface area contributed by atoms with Crippen LogP contribution in [0.2, 0.25) is 0 Å². The Hall–Kier alpha value is -1.58. The van der Waals surface area contributed by atoms with Crippen molar-refractivity contribution in [3.63, 3.8) is 0 Å². The van der Waals surface area contributed by atoms with E-state index in [9.17, 15) is 0 Å². The van der Waals surface area contributed by atoms with Gasteiger partial charge in [-0.2, -0.15) is 0 Å². The van der Waals surface area contributed by atoms with Crippen LogP contribution in [-0.2, 0) is 0 Å². The van der Waals surface area contributed by atoms with Crippen molar-refractivity contribution in [2.45, 2.75) is 0 Å². The van der Waals surface area contributed by atoms with E-state index in [0.29, 0.717) is 5.82 Å². The van der Waals surface area contributed by atoms with E-state index < -0.39 is 0 Å². The first-order valence-electron chi connectivity index (χ1n) is 2.81. The van der Waals surface area contributed by atoms with Gasteiger partial charge in [0.05, 0.1) is 11.8 Å². The highest BCUT2D eigenvalue weighted by atomic mass is 16.4. The number of rotatable bonds is 0. The van der Waals surface area contributed by atoms with Crippen molar-refractivity contribution >= 4 is 5.82 Å². The number of fused-ring (bicyclic) bond motifs is 1. The smallest absolute Gasteiger partial charge is 0.133 e. The van der Waals surface area contributed by atoms with Gasteiger partial charge in [0, 0.05) is 11.8 Å². The van der Waals surface area contributed by atoms with Gasteiger partial charge in [-0.25, -0.2) is 4.98 Å². The first-order valence-corrected chi connectivity index (χ1v) is 2.81. The zero-order valence-electron chi connectivity index (χ0n) is 5.11. The van der Waals surface area contributed by atoms with Gasteiger partial charge < -0.3 is 10.3 Å². The highest BCUT2D eigenvalue weighted by Crippen LogP contribution is 2.24. The maximum Gasteiger partial charge on any atom is 0.133 e. The molecule has 4 nitrogen and oxygen atoms in total. The van der Waals surface area contributed by atoms with Crippen LogP contribution in [0.1, 0.15) is 0 Å². The molecule has 0 aliphatic carbocycles. The summed E-state index contributed by atoms with van der Waals surface area (Å²) in [5.41, 5.74) is 7.20. The summed E-state index contributed by atoms with van der Waals surface area (Å²) in [6, 6.07) is 0. The van der Waals surface area contributed by atoms with E-state index in [1.54, 1.807) is 12.4 Å². The third kappa shape index (κ3) is 0.556. The van der Waals surface area contributed by atoms with Crippen LogP contribution in [0.15, 0.2) is 23.2 Å². The van der Waals surface area contributed by atoms with E-state index in [1.807, 2.05) is 0 Å². The minimum atomic E-state index is 0.498. The largest absolute Gasteiger partial charge is 0.383 e. The summed E-state index contributed by atoms with van der Waals surface area (Å²) in [6.45, 7) is 0. The Labute approximate surface area is 57.0 Å². The lowest BCUT2D eigenvalue weighted by Crippen LogP contribution is -1.85. The van der Waals surface area contributed by atoms with Crippen molar-refractivity contribution in [2.24, 2.45) is 0 Å². The second kappa shape index (κ2) is 1.70. The van der Waals surface area contributed by atoms with Crippen LogP contribution in [0.25, 0.3) is 11.1 Å². The number of anilines is 1. The summed E-state index contributed by atoms with van der Waals surface area (Å²) in [5, 5.41) is 3.55. The van der Waals surface area contributed by atoms with Crippen LogP contribution in [0.4, 0.5) is 5.82 Å². The fraction of sp³-hybridized carbons (Fsp3) is 0. The molecule has 0 saturated heterocycles. The number of nitrogens with two attached hydrogens (primary N) is 1. The molecule has 0 fully saturated rings. The Balaban J connectivity index is 2.78. The van der Waals surface area contributed by atoms with Crippen LogP contribution in [0.3, 0.4) is 0 Å². The molecule has 0 aromatic carbocycles. The Morgan fingerprint density at radius 3 is 3.10 bits per heavy atom. The molecule has 0 spiro atoms. The molecule has 10 heavy (non-hydrogen) atoms. The molecule has 2 rings (SSSR count). The third-order valence-corrected chi connectivity index (χ3v) is 1.35. The van der Waals surface area contributed by atoms with Gasteiger partial charge in [-0.05, 0) is 0 Å². The minimum absolute atomic E-state index is 0.498. The van der Waals surface area contributed by atoms with Crippen molar-refractivity contribution in [3.8, 4) is 11.1 Å². The highest BCUT2D eigenvalue weighted by Gasteiger charge is 2.07.